The van der Waals surface area contributed by atoms with Crippen molar-refractivity contribution < 1.29 is 9.53 Å². The first-order chi connectivity index (χ1) is 9.19. The van der Waals surface area contributed by atoms with Crippen LogP contribution < -0.4 is 5.32 Å². The summed E-state index contributed by atoms with van der Waals surface area (Å²) >= 11 is 3.30. The number of piperidine rings is 1. The Hall–Kier alpha value is -1.37. The van der Waals surface area contributed by atoms with Gasteiger partial charge < -0.3 is 15.0 Å². The van der Waals surface area contributed by atoms with Gasteiger partial charge in [0.05, 0.1) is 11.1 Å². The summed E-state index contributed by atoms with van der Waals surface area (Å²) in [5.74, 6) is 0.623. The Morgan fingerprint density at radius 1 is 1.47 bits per heavy atom. The van der Waals surface area contributed by atoms with Crippen LogP contribution in [0.1, 0.15) is 19.8 Å². The molecule has 1 saturated heterocycles. The molecule has 104 valence electrons. The molecule has 1 amide bonds. The van der Waals surface area contributed by atoms with Gasteiger partial charge in [-0.3, -0.25) is 0 Å². The second kappa shape index (κ2) is 6.70. The Morgan fingerprint density at radius 2 is 2.11 bits per heavy atom. The molecule has 0 bridgehead atoms. The van der Waals surface area contributed by atoms with Crippen molar-refractivity contribution >= 4 is 28.0 Å². The summed E-state index contributed by atoms with van der Waals surface area (Å²) in [4.78, 5) is 21.7. The largest absolute Gasteiger partial charge is 0.450 e. The predicted molar refractivity (Wildman–Crippen MR) is 75.0 cm³/mol. The lowest BCUT2D eigenvalue weighted by Gasteiger charge is -2.31. The summed E-state index contributed by atoms with van der Waals surface area (Å²) in [5.41, 5.74) is 0. The van der Waals surface area contributed by atoms with E-state index in [0.717, 1.165) is 17.3 Å². The molecule has 0 saturated carbocycles. The average Bonchev–Trinajstić information content (AvgIpc) is 2.42. The van der Waals surface area contributed by atoms with Gasteiger partial charge in [-0.25, -0.2) is 14.8 Å². The number of anilines is 1. The number of likely N-dealkylation sites (tertiary alicyclic amines) is 1. The average molecular weight is 329 g/mol. The lowest BCUT2D eigenvalue weighted by atomic mass is 10.1. The molecule has 1 N–H and O–H groups in total. The lowest BCUT2D eigenvalue weighted by Crippen LogP contribution is -2.42. The Balaban J connectivity index is 1.80. The number of halogens is 1. The zero-order valence-corrected chi connectivity index (χ0v) is 12.4. The number of carbonyl (C=O) groups excluding carboxylic acids is 1. The maximum Gasteiger partial charge on any atom is 0.409 e. The minimum absolute atomic E-state index is 0.221. The SMILES string of the molecule is CCOC(=O)N1CCC(Nc2ncc(Br)cn2)CC1. The standard InChI is InChI=1S/C12H17BrN4O2/c1-2-19-12(18)17-5-3-10(4-6-17)16-11-14-7-9(13)8-15-11/h7-8,10H,2-6H2,1H3,(H,14,15,16). The van der Waals surface area contributed by atoms with Crippen LogP contribution in [0, 0.1) is 0 Å². The first-order valence-corrected chi connectivity index (χ1v) is 7.14. The third kappa shape index (κ3) is 4.05. The highest BCUT2D eigenvalue weighted by molar-refractivity contribution is 9.10. The van der Waals surface area contributed by atoms with Crippen molar-refractivity contribution in [2.24, 2.45) is 0 Å². The molecule has 0 aromatic carbocycles. The van der Waals surface area contributed by atoms with Gasteiger partial charge in [-0.15, -0.1) is 0 Å². The van der Waals surface area contributed by atoms with Crippen molar-refractivity contribution in [2.45, 2.75) is 25.8 Å². The van der Waals surface area contributed by atoms with Crippen LogP contribution in [0.4, 0.5) is 10.7 Å². The third-order valence-corrected chi connectivity index (χ3v) is 3.38. The van der Waals surface area contributed by atoms with E-state index in [1.165, 1.54) is 0 Å². The maximum absolute atomic E-state index is 11.6. The number of hydrogen-bond acceptors (Lipinski definition) is 5. The van der Waals surface area contributed by atoms with Gasteiger partial charge in [0.15, 0.2) is 0 Å². The number of rotatable bonds is 3. The number of nitrogens with one attached hydrogen (secondary N) is 1. The number of hydrogen-bond donors (Lipinski definition) is 1. The quantitative estimate of drug-likeness (QED) is 0.921. The van der Waals surface area contributed by atoms with Gasteiger partial charge in [0.25, 0.3) is 0 Å². The normalized spacial score (nSPS) is 16.2. The second-order valence-electron chi connectivity index (χ2n) is 4.33. The Labute approximate surface area is 120 Å². The summed E-state index contributed by atoms with van der Waals surface area (Å²) in [6, 6.07) is 0.298. The van der Waals surface area contributed by atoms with Gasteiger partial charge in [0.2, 0.25) is 5.95 Å². The van der Waals surface area contributed by atoms with Crippen LogP contribution >= 0.6 is 15.9 Å². The molecule has 1 fully saturated rings. The smallest absolute Gasteiger partial charge is 0.409 e. The van der Waals surface area contributed by atoms with Crippen LogP contribution in [0.15, 0.2) is 16.9 Å². The number of nitrogens with zero attached hydrogens (tertiary/aromatic N) is 3. The molecule has 7 heteroatoms. The van der Waals surface area contributed by atoms with Gasteiger partial charge in [-0.2, -0.15) is 0 Å². The Morgan fingerprint density at radius 3 is 2.68 bits per heavy atom. The lowest BCUT2D eigenvalue weighted by molar-refractivity contribution is 0.0983. The van der Waals surface area contributed by atoms with Crippen molar-refractivity contribution in [1.29, 1.82) is 0 Å². The number of aromatic nitrogens is 2. The van der Waals surface area contributed by atoms with Gasteiger partial charge >= 0.3 is 6.09 Å². The van der Waals surface area contributed by atoms with Crippen LogP contribution in [-0.2, 0) is 4.74 Å². The number of carbonyl (C=O) groups is 1. The zero-order valence-electron chi connectivity index (χ0n) is 10.8. The molecule has 0 atom stereocenters. The van der Waals surface area contributed by atoms with Crippen LogP contribution in [0.2, 0.25) is 0 Å². The molecule has 0 unspecified atom stereocenters. The van der Waals surface area contributed by atoms with E-state index in [4.69, 9.17) is 4.74 Å². The highest BCUT2D eigenvalue weighted by Crippen LogP contribution is 2.15. The molecule has 0 spiro atoms. The molecule has 1 aliphatic heterocycles. The maximum atomic E-state index is 11.6. The van der Waals surface area contributed by atoms with Crippen LogP contribution in [0.3, 0.4) is 0 Å². The van der Waals surface area contributed by atoms with Crippen molar-refractivity contribution in [3.05, 3.63) is 16.9 Å². The fraction of sp³-hybridized carbons (Fsp3) is 0.583. The predicted octanol–water partition coefficient (Wildman–Crippen LogP) is 2.27. The molecule has 0 radical (unpaired) electrons. The Bertz CT molecular complexity index is 418. The van der Waals surface area contributed by atoms with E-state index in [1.807, 2.05) is 6.92 Å². The van der Waals surface area contributed by atoms with Crippen molar-refractivity contribution in [2.75, 3.05) is 25.0 Å². The van der Waals surface area contributed by atoms with Crippen molar-refractivity contribution in [3.8, 4) is 0 Å². The van der Waals surface area contributed by atoms with Gasteiger partial charge in [0.1, 0.15) is 0 Å². The topological polar surface area (TPSA) is 67.3 Å². The van der Waals surface area contributed by atoms with E-state index >= 15 is 0 Å². The highest BCUT2D eigenvalue weighted by Gasteiger charge is 2.23. The third-order valence-electron chi connectivity index (χ3n) is 2.97. The van der Waals surface area contributed by atoms with Crippen LogP contribution in [0.25, 0.3) is 0 Å². The molecule has 0 aliphatic carbocycles. The van der Waals surface area contributed by atoms with E-state index in [2.05, 4.69) is 31.2 Å². The van der Waals surface area contributed by atoms with E-state index < -0.39 is 0 Å². The summed E-state index contributed by atoms with van der Waals surface area (Å²) in [6.07, 6.45) is 4.95. The minimum atomic E-state index is -0.221. The number of amides is 1. The fourth-order valence-electron chi connectivity index (χ4n) is 1.99. The Kier molecular flexibility index (Phi) is 4.95. The van der Waals surface area contributed by atoms with E-state index in [1.54, 1.807) is 17.3 Å². The zero-order chi connectivity index (χ0) is 13.7. The first-order valence-electron chi connectivity index (χ1n) is 6.35. The fourth-order valence-corrected chi connectivity index (χ4v) is 2.20. The molecule has 2 heterocycles. The van der Waals surface area contributed by atoms with Gasteiger partial charge in [-0.05, 0) is 35.7 Å². The monoisotopic (exact) mass is 328 g/mol. The van der Waals surface area contributed by atoms with Gasteiger partial charge in [-0.1, -0.05) is 0 Å². The van der Waals surface area contributed by atoms with Crippen LogP contribution in [-0.4, -0.2) is 46.7 Å². The molecule has 19 heavy (non-hydrogen) atoms. The van der Waals surface area contributed by atoms with E-state index in [0.29, 0.717) is 31.7 Å². The number of ether oxygens (including phenoxy) is 1. The summed E-state index contributed by atoms with van der Waals surface area (Å²) < 4.78 is 5.84. The molecule has 1 aromatic heterocycles. The minimum Gasteiger partial charge on any atom is -0.450 e. The van der Waals surface area contributed by atoms with Crippen LogP contribution in [0.5, 0.6) is 0 Å². The molecule has 2 rings (SSSR count). The molecule has 6 nitrogen and oxygen atoms in total. The molecule has 1 aromatic rings. The van der Waals surface area contributed by atoms with Crippen molar-refractivity contribution in [1.82, 2.24) is 14.9 Å². The second-order valence-corrected chi connectivity index (χ2v) is 5.25. The van der Waals surface area contributed by atoms with Gasteiger partial charge in [0, 0.05) is 31.5 Å². The summed E-state index contributed by atoms with van der Waals surface area (Å²) in [6.45, 7) is 3.64. The van der Waals surface area contributed by atoms with Crippen molar-refractivity contribution in [3.63, 3.8) is 0 Å². The first kappa shape index (κ1) is 14.0. The summed E-state index contributed by atoms with van der Waals surface area (Å²) in [7, 11) is 0. The van der Waals surface area contributed by atoms with E-state index in [9.17, 15) is 4.79 Å². The van der Waals surface area contributed by atoms with E-state index in [-0.39, 0.29) is 6.09 Å². The molecular formula is C12H17BrN4O2. The highest BCUT2D eigenvalue weighted by atomic mass is 79.9. The summed E-state index contributed by atoms with van der Waals surface area (Å²) in [5, 5.41) is 3.28. The molecule has 1 aliphatic rings. The molecular weight excluding hydrogens is 312 g/mol.